The van der Waals surface area contributed by atoms with Crippen molar-refractivity contribution < 1.29 is 4.79 Å². The molecule has 0 saturated carbocycles. The van der Waals surface area contributed by atoms with Crippen LogP contribution in [0.15, 0.2) is 41.8 Å². The van der Waals surface area contributed by atoms with E-state index >= 15 is 0 Å². The summed E-state index contributed by atoms with van der Waals surface area (Å²) in [7, 11) is 0. The molecule has 0 aliphatic rings. The largest absolute Gasteiger partial charge is 0.368 e. The van der Waals surface area contributed by atoms with Gasteiger partial charge in [-0.25, -0.2) is 0 Å². The van der Waals surface area contributed by atoms with E-state index in [0.717, 1.165) is 5.56 Å². The zero-order valence-corrected chi connectivity index (χ0v) is 13.5. The second kappa shape index (κ2) is 6.41. The van der Waals surface area contributed by atoms with E-state index in [0.29, 0.717) is 6.54 Å². The third kappa shape index (κ3) is 4.16. The number of primary amides is 1. The lowest BCUT2D eigenvalue weighted by atomic mass is 9.86. The predicted octanol–water partition coefficient (Wildman–Crippen LogP) is 3.36. The van der Waals surface area contributed by atoms with Crippen LogP contribution in [0.1, 0.15) is 42.8 Å². The highest BCUT2D eigenvalue weighted by molar-refractivity contribution is 7.09. The van der Waals surface area contributed by atoms with Gasteiger partial charge in [0.05, 0.1) is 0 Å². The summed E-state index contributed by atoms with van der Waals surface area (Å²) in [4.78, 5) is 12.9. The molecule has 0 saturated heterocycles. The number of hydrogen-bond acceptors (Lipinski definition) is 3. The summed E-state index contributed by atoms with van der Waals surface area (Å²) in [6.07, 6.45) is 0. The Balaban J connectivity index is 2.12. The normalized spacial score (nSPS) is 13.1. The lowest BCUT2D eigenvalue weighted by Gasteiger charge is -2.21. The van der Waals surface area contributed by atoms with Gasteiger partial charge in [0.2, 0.25) is 5.91 Å². The zero-order valence-electron chi connectivity index (χ0n) is 12.7. The van der Waals surface area contributed by atoms with Gasteiger partial charge in [0, 0.05) is 11.4 Å². The Hall–Kier alpha value is -1.65. The highest BCUT2D eigenvalue weighted by Gasteiger charge is 2.19. The van der Waals surface area contributed by atoms with Gasteiger partial charge < -0.3 is 5.73 Å². The van der Waals surface area contributed by atoms with E-state index in [4.69, 9.17) is 5.73 Å². The molecule has 2 rings (SSSR count). The first kappa shape index (κ1) is 15.7. The number of nitrogens with two attached hydrogens (primary N) is 1. The number of thiophene rings is 1. The van der Waals surface area contributed by atoms with Gasteiger partial charge in [-0.2, -0.15) is 0 Å². The SMILES string of the molecule is CC(C)(C)c1ccc(C(NCc2cccs2)C(N)=O)cc1. The second-order valence-corrected chi connectivity index (χ2v) is 7.20. The fraction of sp³-hybridized carbons (Fsp3) is 0.353. The van der Waals surface area contributed by atoms with Crippen molar-refractivity contribution in [3.8, 4) is 0 Å². The predicted molar refractivity (Wildman–Crippen MR) is 88.2 cm³/mol. The van der Waals surface area contributed by atoms with Crippen LogP contribution < -0.4 is 11.1 Å². The molecule has 1 aromatic carbocycles. The van der Waals surface area contributed by atoms with Crippen LogP contribution in [0.5, 0.6) is 0 Å². The maximum atomic E-state index is 11.7. The Bertz CT molecular complexity index is 582. The van der Waals surface area contributed by atoms with E-state index in [1.165, 1.54) is 10.4 Å². The number of carbonyl (C=O) groups excluding carboxylic acids is 1. The maximum absolute atomic E-state index is 11.7. The van der Waals surface area contributed by atoms with Gasteiger partial charge in [-0.15, -0.1) is 11.3 Å². The van der Waals surface area contributed by atoms with Crippen molar-refractivity contribution in [1.82, 2.24) is 5.32 Å². The fourth-order valence-corrected chi connectivity index (χ4v) is 2.83. The molecule has 1 atom stereocenters. The van der Waals surface area contributed by atoms with Crippen molar-refractivity contribution in [2.45, 2.75) is 38.8 Å². The molecular formula is C17H22N2OS. The van der Waals surface area contributed by atoms with Crippen molar-refractivity contribution in [3.63, 3.8) is 0 Å². The van der Waals surface area contributed by atoms with Crippen LogP contribution in [0, 0.1) is 0 Å². The van der Waals surface area contributed by atoms with E-state index in [9.17, 15) is 4.79 Å². The summed E-state index contributed by atoms with van der Waals surface area (Å²) < 4.78 is 0. The molecule has 0 aliphatic heterocycles. The monoisotopic (exact) mass is 302 g/mol. The van der Waals surface area contributed by atoms with Crippen LogP contribution >= 0.6 is 11.3 Å². The number of hydrogen-bond donors (Lipinski definition) is 2. The molecule has 112 valence electrons. The topological polar surface area (TPSA) is 55.1 Å². The minimum atomic E-state index is -0.457. The molecule has 0 radical (unpaired) electrons. The van der Waals surface area contributed by atoms with Crippen LogP contribution in [0.4, 0.5) is 0 Å². The van der Waals surface area contributed by atoms with Gasteiger partial charge in [-0.05, 0) is 28.0 Å². The van der Waals surface area contributed by atoms with Crippen LogP contribution in [-0.2, 0) is 16.8 Å². The Morgan fingerprint density at radius 1 is 1.24 bits per heavy atom. The lowest BCUT2D eigenvalue weighted by molar-refractivity contribution is -0.120. The van der Waals surface area contributed by atoms with Gasteiger partial charge in [0.1, 0.15) is 6.04 Å². The number of benzene rings is 1. The van der Waals surface area contributed by atoms with E-state index < -0.39 is 6.04 Å². The number of nitrogens with one attached hydrogen (secondary N) is 1. The van der Waals surface area contributed by atoms with E-state index in [2.05, 4.69) is 38.2 Å². The van der Waals surface area contributed by atoms with Crippen LogP contribution in [0.3, 0.4) is 0 Å². The van der Waals surface area contributed by atoms with Crippen molar-refractivity contribution in [1.29, 1.82) is 0 Å². The summed E-state index contributed by atoms with van der Waals surface area (Å²) in [6.45, 7) is 7.15. The van der Waals surface area contributed by atoms with Gasteiger partial charge in [0.15, 0.2) is 0 Å². The van der Waals surface area contributed by atoms with Crippen LogP contribution in [0.25, 0.3) is 0 Å². The van der Waals surface area contributed by atoms with Crippen molar-refractivity contribution >= 4 is 17.2 Å². The molecule has 0 bridgehead atoms. The zero-order chi connectivity index (χ0) is 15.5. The first-order valence-electron chi connectivity index (χ1n) is 7.03. The molecule has 3 nitrogen and oxygen atoms in total. The Kier molecular flexibility index (Phi) is 4.80. The molecule has 1 heterocycles. The minimum Gasteiger partial charge on any atom is -0.368 e. The second-order valence-electron chi connectivity index (χ2n) is 6.17. The lowest BCUT2D eigenvalue weighted by Crippen LogP contribution is -2.33. The highest BCUT2D eigenvalue weighted by Crippen LogP contribution is 2.24. The van der Waals surface area contributed by atoms with Crippen molar-refractivity contribution in [2.24, 2.45) is 5.73 Å². The molecule has 1 amide bonds. The Morgan fingerprint density at radius 2 is 1.90 bits per heavy atom. The van der Waals surface area contributed by atoms with Gasteiger partial charge >= 0.3 is 0 Å². The molecular weight excluding hydrogens is 280 g/mol. The molecule has 0 aliphatic carbocycles. The number of rotatable bonds is 5. The first-order chi connectivity index (χ1) is 9.88. The third-order valence-electron chi connectivity index (χ3n) is 3.46. The average molecular weight is 302 g/mol. The molecule has 2 aromatic rings. The summed E-state index contributed by atoms with van der Waals surface area (Å²) in [6, 6.07) is 11.7. The highest BCUT2D eigenvalue weighted by atomic mass is 32.1. The standard InChI is InChI=1S/C17H22N2OS/c1-17(2,3)13-8-6-12(7-9-13)15(16(18)20)19-11-14-5-4-10-21-14/h4-10,15,19H,11H2,1-3H3,(H2,18,20). The first-order valence-corrected chi connectivity index (χ1v) is 7.91. The van der Waals surface area contributed by atoms with Crippen molar-refractivity contribution in [2.75, 3.05) is 0 Å². The van der Waals surface area contributed by atoms with Crippen molar-refractivity contribution in [3.05, 3.63) is 57.8 Å². The smallest absolute Gasteiger partial charge is 0.239 e. The Morgan fingerprint density at radius 3 is 2.38 bits per heavy atom. The molecule has 0 fully saturated rings. The minimum absolute atomic E-state index is 0.102. The number of amides is 1. The molecule has 0 spiro atoms. The van der Waals surface area contributed by atoms with Gasteiger partial charge in [0.25, 0.3) is 0 Å². The quantitative estimate of drug-likeness (QED) is 0.890. The van der Waals surface area contributed by atoms with Crippen LogP contribution in [0.2, 0.25) is 0 Å². The van der Waals surface area contributed by atoms with E-state index in [1.807, 2.05) is 29.6 Å². The molecule has 21 heavy (non-hydrogen) atoms. The Labute approximate surface area is 130 Å². The van der Waals surface area contributed by atoms with Gasteiger partial charge in [-0.1, -0.05) is 51.1 Å². The molecule has 4 heteroatoms. The molecule has 3 N–H and O–H groups in total. The summed E-state index contributed by atoms with van der Waals surface area (Å²) >= 11 is 1.66. The summed E-state index contributed by atoms with van der Waals surface area (Å²) in [5, 5.41) is 5.25. The maximum Gasteiger partial charge on any atom is 0.239 e. The average Bonchev–Trinajstić information content (AvgIpc) is 2.91. The molecule has 1 unspecified atom stereocenters. The summed E-state index contributed by atoms with van der Waals surface area (Å²) in [5.41, 5.74) is 7.79. The third-order valence-corrected chi connectivity index (χ3v) is 4.33. The summed E-state index contributed by atoms with van der Waals surface area (Å²) in [5.74, 6) is -0.352. The van der Waals surface area contributed by atoms with E-state index in [1.54, 1.807) is 11.3 Å². The molecule has 1 aromatic heterocycles. The number of carbonyl (C=O) groups is 1. The van der Waals surface area contributed by atoms with E-state index in [-0.39, 0.29) is 11.3 Å². The van der Waals surface area contributed by atoms with Gasteiger partial charge in [-0.3, -0.25) is 10.1 Å². The van der Waals surface area contributed by atoms with Crippen LogP contribution in [-0.4, -0.2) is 5.91 Å². The fourth-order valence-electron chi connectivity index (χ4n) is 2.17.